The van der Waals surface area contributed by atoms with Crippen molar-refractivity contribution < 1.29 is 22.7 Å². The van der Waals surface area contributed by atoms with Gasteiger partial charge in [0.15, 0.2) is 17.2 Å². The number of pyridine rings is 1. The van der Waals surface area contributed by atoms with Crippen molar-refractivity contribution in [1.29, 1.82) is 0 Å². The Labute approximate surface area is 193 Å². The number of halogens is 3. The Morgan fingerprint density at radius 3 is 2.71 bits per heavy atom. The lowest BCUT2D eigenvalue weighted by Crippen LogP contribution is -2.70. The number of anilines is 1. The fourth-order valence-corrected chi connectivity index (χ4v) is 4.29. The van der Waals surface area contributed by atoms with Crippen LogP contribution in [-0.2, 0) is 29.9 Å². The van der Waals surface area contributed by atoms with E-state index in [1.165, 1.54) is 25.2 Å². The molecule has 1 aromatic carbocycles. The van der Waals surface area contributed by atoms with E-state index in [1.807, 2.05) is 0 Å². The summed E-state index contributed by atoms with van der Waals surface area (Å²) in [5.74, 6) is -4.10. The van der Waals surface area contributed by atoms with Crippen LogP contribution in [0.5, 0.6) is 5.75 Å². The molecule has 2 aliphatic heterocycles. The van der Waals surface area contributed by atoms with E-state index in [0.29, 0.717) is 36.8 Å². The van der Waals surface area contributed by atoms with Crippen LogP contribution in [0.4, 0.5) is 19.0 Å². The molecule has 0 aliphatic carbocycles. The number of nitrogens with zero attached hydrogens (tertiary/aromatic N) is 5. The van der Waals surface area contributed by atoms with Crippen molar-refractivity contribution in [2.75, 3.05) is 24.5 Å². The van der Waals surface area contributed by atoms with E-state index < -0.39 is 23.0 Å². The van der Waals surface area contributed by atoms with E-state index in [9.17, 15) is 4.79 Å². The van der Waals surface area contributed by atoms with Gasteiger partial charge in [0, 0.05) is 26.3 Å². The highest BCUT2D eigenvalue weighted by atomic mass is 19.3. The molecule has 1 spiro atoms. The number of carbonyl (C=O) groups is 1. The van der Waals surface area contributed by atoms with Crippen LogP contribution in [0.15, 0.2) is 48.9 Å². The number of fused-ring (bicyclic) bond motifs is 1. The Bertz CT molecular complexity index is 1240. The molecule has 2 aliphatic rings. The van der Waals surface area contributed by atoms with Gasteiger partial charge < -0.3 is 14.6 Å². The van der Waals surface area contributed by atoms with Gasteiger partial charge in [0.1, 0.15) is 6.33 Å². The van der Waals surface area contributed by atoms with E-state index in [0.717, 1.165) is 17.8 Å². The SMILES string of the molecule is Cn1cnnc1C(F)(F)[C@](C)(F)c1cccc(CC(=O)N2CC3(CNC3)Oc3cccnc32)c1. The van der Waals surface area contributed by atoms with Gasteiger partial charge in [0.2, 0.25) is 17.4 Å². The third kappa shape index (κ3) is 3.51. The first-order chi connectivity index (χ1) is 16.1. The second-order valence-corrected chi connectivity index (χ2v) is 8.91. The Morgan fingerprint density at radius 2 is 2.03 bits per heavy atom. The number of carbonyl (C=O) groups excluding carboxylic acids is 1. The van der Waals surface area contributed by atoms with E-state index in [1.54, 1.807) is 29.3 Å². The maximum atomic E-state index is 15.6. The molecule has 3 aromatic rings. The van der Waals surface area contributed by atoms with Crippen molar-refractivity contribution in [3.63, 3.8) is 0 Å². The number of hydrogen-bond acceptors (Lipinski definition) is 6. The summed E-state index contributed by atoms with van der Waals surface area (Å²) in [4.78, 5) is 19.1. The Kier molecular flexibility index (Phi) is 5.12. The largest absolute Gasteiger partial charge is 0.479 e. The minimum Gasteiger partial charge on any atom is -0.479 e. The van der Waals surface area contributed by atoms with Crippen molar-refractivity contribution in [3.05, 3.63) is 65.9 Å². The lowest BCUT2D eigenvalue weighted by atomic mass is 9.88. The molecule has 34 heavy (non-hydrogen) atoms. The second-order valence-electron chi connectivity index (χ2n) is 8.91. The zero-order valence-corrected chi connectivity index (χ0v) is 18.6. The van der Waals surface area contributed by atoms with Crippen molar-refractivity contribution in [2.45, 2.75) is 30.5 Å². The first-order valence-electron chi connectivity index (χ1n) is 10.8. The fourth-order valence-electron chi connectivity index (χ4n) is 4.29. The maximum absolute atomic E-state index is 15.6. The topological polar surface area (TPSA) is 85.2 Å². The Balaban J connectivity index is 1.41. The predicted molar refractivity (Wildman–Crippen MR) is 116 cm³/mol. The average Bonchev–Trinajstić information content (AvgIpc) is 3.24. The summed E-state index contributed by atoms with van der Waals surface area (Å²) >= 11 is 0. The molecular weight excluding hydrogens is 449 g/mol. The number of nitrogens with one attached hydrogen (secondary N) is 1. The molecule has 0 unspecified atom stereocenters. The van der Waals surface area contributed by atoms with Gasteiger partial charge in [0.05, 0.1) is 13.0 Å². The molecule has 178 valence electrons. The molecule has 1 fully saturated rings. The monoisotopic (exact) mass is 472 g/mol. The van der Waals surface area contributed by atoms with Gasteiger partial charge in [-0.3, -0.25) is 9.69 Å². The molecule has 1 N–H and O–H groups in total. The van der Waals surface area contributed by atoms with Gasteiger partial charge in [-0.1, -0.05) is 24.3 Å². The van der Waals surface area contributed by atoms with Crippen LogP contribution in [0.3, 0.4) is 0 Å². The second kappa shape index (κ2) is 7.79. The van der Waals surface area contributed by atoms with Crippen molar-refractivity contribution in [2.24, 2.45) is 7.05 Å². The normalized spacial score (nSPS) is 18.6. The summed E-state index contributed by atoms with van der Waals surface area (Å²) in [6, 6.07) is 9.13. The predicted octanol–water partition coefficient (Wildman–Crippen LogP) is 2.50. The number of aryl methyl sites for hydroxylation is 1. The fraction of sp³-hybridized carbons (Fsp3) is 0.391. The highest BCUT2D eigenvalue weighted by molar-refractivity contribution is 5.95. The lowest BCUT2D eigenvalue weighted by molar-refractivity contribution is -0.149. The number of ether oxygens (including phenoxy) is 1. The first-order valence-corrected chi connectivity index (χ1v) is 10.8. The van der Waals surface area contributed by atoms with Crippen LogP contribution < -0.4 is 15.0 Å². The summed E-state index contributed by atoms with van der Waals surface area (Å²) < 4.78 is 52.8. The maximum Gasteiger partial charge on any atom is 0.343 e. The van der Waals surface area contributed by atoms with E-state index >= 15 is 13.2 Å². The van der Waals surface area contributed by atoms with Crippen LogP contribution >= 0.6 is 0 Å². The van der Waals surface area contributed by atoms with Crippen LogP contribution in [0, 0.1) is 0 Å². The molecule has 0 bridgehead atoms. The van der Waals surface area contributed by atoms with Gasteiger partial charge in [-0.25, -0.2) is 9.37 Å². The van der Waals surface area contributed by atoms with E-state index in [2.05, 4.69) is 20.5 Å². The molecule has 2 aromatic heterocycles. The van der Waals surface area contributed by atoms with Crippen LogP contribution in [0.25, 0.3) is 0 Å². The van der Waals surface area contributed by atoms with Crippen molar-refractivity contribution >= 4 is 11.7 Å². The molecule has 8 nitrogen and oxygen atoms in total. The van der Waals surface area contributed by atoms with Gasteiger partial charge >= 0.3 is 5.92 Å². The number of benzene rings is 1. The zero-order chi connectivity index (χ0) is 24.1. The van der Waals surface area contributed by atoms with Gasteiger partial charge in [-0.2, -0.15) is 8.78 Å². The molecule has 1 saturated heterocycles. The van der Waals surface area contributed by atoms with Gasteiger partial charge in [-0.15, -0.1) is 10.2 Å². The number of hydrogen-bond donors (Lipinski definition) is 1. The van der Waals surface area contributed by atoms with E-state index in [-0.39, 0.29) is 17.9 Å². The van der Waals surface area contributed by atoms with Crippen molar-refractivity contribution in [3.8, 4) is 5.75 Å². The summed E-state index contributed by atoms with van der Waals surface area (Å²) in [6.45, 7) is 2.31. The zero-order valence-electron chi connectivity index (χ0n) is 18.6. The van der Waals surface area contributed by atoms with Gasteiger partial charge in [0.25, 0.3) is 0 Å². The molecular formula is C23H23F3N6O2. The standard InChI is InChI=1S/C23H23F3N6O2/c1-21(24,23(25,26)20-30-29-14-31(20)2)16-6-3-5-15(9-16)10-18(33)32-13-22(11-27-12-22)34-17-7-4-8-28-19(17)32/h3-9,14,27H,10-13H2,1-2H3/t21-/m1/s1. The molecule has 1 atom stereocenters. The summed E-state index contributed by atoms with van der Waals surface area (Å²) in [7, 11) is 1.33. The highest BCUT2D eigenvalue weighted by Gasteiger charge is 2.57. The summed E-state index contributed by atoms with van der Waals surface area (Å²) in [5, 5.41) is 10.00. The average molecular weight is 472 g/mol. The minimum absolute atomic E-state index is 0.112. The van der Waals surface area contributed by atoms with Crippen LogP contribution in [0.2, 0.25) is 0 Å². The number of amides is 1. The first kappa shape index (κ1) is 22.3. The number of alkyl halides is 3. The lowest BCUT2D eigenvalue weighted by Gasteiger charge is -2.48. The molecule has 0 saturated carbocycles. The smallest absolute Gasteiger partial charge is 0.343 e. The Morgan fingerprint density at radius 1 is 1.24 bits per heavy atom. The molecule has 11 heteroatoms. The van der Waals surface area contributed by atoms with Crippen molar-refractivity contribution in [1.82, 2.24) is 25.1 Å². The molecule has 5 rings (SSSR count). The summed E-state index contributed by atoms with van der Waals surface area (Å²) in [6.07, 6.45) is 2.55. The summed E-state index contributed by atoms with van der Waals surface area (Å²) in [5.41, 5.74) is -3.46. The van der Waals surface area contributed by atoms with Gasteiger partial charge in [-0.05, 0) is 30.2 Å². The minimum atomic E-state index is -3.95. The Hall–Kier alpha value is -3.47. The number of aromatic nitrogens is 4. The van der Waals surface area contributed by atoms with Crippen LogP contribution in [0.1, 0.15) is 23.9 Å². The molecule has 0 radical (unpaired) electrons. The number of rotatable bonds is 5. The molecule has 4 heterocycles. The highest BCUT2D eigenvalue weighted by Crippen LogP contribution is 2.47. The molecule has 1 amide bonds. The van der Waals surface area contributed by atoms with Crippen LogP contribution in [-0.4, -0.2) is 50.9 Å². The quantitative estimate of drug-likeness (QED) is 0.614. The third-order valence-electron chi connectivity index (χ3n) is 6.38. The third-order valence-corrected chi connectivity index (χ3v) is 6.38. The van der Waals surface area contributed by atoms with E-state index in [4.69, 9.17) is 4.74 Å².